The van der Waals surface area contributed by atoms with Gasteiger partial charge in [0.2, 0.25) is 0 Å². The van der Waals surface area contributed by atoms with Crippen LogP contribution < -0.4 is 11.1 Å². The molecule has 3 rings (SSSR count). The monoisotopic (exact) mass is 478 g/mol. The Morgan fingerprint density at radius 1 is 1.29 bits per heavy atom. The Morgan fingerprint density at radius 3 is 2.76 bits per heavy atom. The van der Waals surface area contributed by atoms with Crippen LogP contribution in [0.3, 0.4) is 0 Å². The molecule has 2 aromatic rings. The highest BCUT2D eigenvalue weighted by atomic mass is 79.9. The van der Waals surface area contributed by atoms with E-state index in [9.17, 15) is 4.79 Å². The van der Waals surface area contributed by atoms with Crippen LogP contribution in [-0.2, 0) is 13.0 Å². The SMILES string of the molecule is NCCNC(=O)c1nc2c(Br)c(Br)c(Br)c3c2n1CCC3. The third-order valence-corrected chi connectivity index (χ3v) is 7.06. The number of imidazole rings is 1. The predicted molar refractivity (Wildman–Crippen MR) is 92.5 cm³/mol. The van der Waals surface area contributed by atoms with Crippen molar-refractivity contribution in [3.8, 4) is 0 Å². The summed E-state index contributed by atoms with van der Waals surface area (Å²) in [5.74, 6) is 0.272. The number of aromatic nitrogens is 2. The molecule has 21 heavy (non-hydrogen) atoms. The Morgan fingerprint density at radius 2 is 2.05 bits per heavy atom. The van der Waals surface area contributed by atoms with Gasteiger partial charge in [-0.2, -0.15) is 0 Å². The molecule has 0 unspecified atom stereocenters. The smallest absolute Gasteiger partial charge is 0.287 e. The van der Waals surface area contributed by atoms with Gasteiger partial charge in [-0.1, -0.05) is 0 Å². The van der Waals surface area contributed by atoms with Gasteiger partial charge < -0.3 is 15.6 Å². The predicted octanol–water partition coefficient (Wildman–Crippen LogP) is 2.96. The van der Waals surface area contributed by atoms with Crippen LogP contribution in [0.15, 0.2) is 13.4 Å². The number of nitrogens with zero attached hydrogens (tertiary/aromatic N) is 2. The molecule has 1 amide bonds. The van der Waals surface area contributed by atoms with Crippen LogP contribution in [0, 0.1) is 0 Å². The normalized spacial score (nSPS) is 13.7. The molecule has 0 saturated heterocycles. The summed E-state index contributed by atoms with van der Waals surface area (Å²) in [4.78, 5) is 16.8. The highest BCUT2D eigenvalue weighted by Crippen LogP contribution is 2.42. The lowest BCUT2D eigenvalue weighted by Gasteiger charge is -2.19. The lowest BCUT2D eigenvalue weighted by Crippen LogP contribution is -2.31. The number of carbonyl (C=O) groups excluding carboxylic acids is 1. The molecule has 2 heterocycles. The van der Waals surface area contributed by atoms with Gasteiger partial charge in [-0.25, -0.2) is 4.98 Å². The van der Waals surface area contributed by atoms with E-state index >= 15 is 0 Å². The molecule has 0 atom stereocenters. The van der Waals surface area contributed by atoms with E-state index in [1.807, 2.05) is 4.57 Å². The van der Waals surface area contributed by atoms with Crippen molar-refractivity contribution in [3.05, 3.63) is 24.8 Å². The van der Waals surface area contributed by atoms with Crippen molar-refractivity contribution in [2.75, 3.05) is 13.1 Å². The third-order valence-electron chi connectivity index (χ3n) is 3.55. The van der Waals surface area contributed by atoms with Crippen LogP contribution in [-0.4, -0.2) is 28.5 Å². The summed E-state index contributed by atoms with van der Waals surface area (Å²) < 4.78 is 4.82. The molecule has 1 aliphatic heterocycles. The molecule has 0 saturated carbocycles. The van der Waals surface area contributed by atoms with Gasteiger partial charge in [-0.3, -0.25) is 4.79 Å². The number of nitrogens with two attached hydrogens (primary N) is 1. The Kier molecular flexibility index (Phi) is 4.40. The quantitative estimate of drug-likeness (QED) is 0.663. The molecule has 0 spiro atoms. The van der Waals surface area contributed by atoms with Crippen LogP contribution in [0.25, 0.3) is 11.0 Å². The molecule has 3 N–H and O–H groups in total. The van der Waals surface area contributed by atoms with Crippen LogP contribution in [0.1, 0.15) is 22.6 Å². The fourth-order valence-corrected chi connectivity index (χ4v) is 4.40. The van der Waals surface area contributed by atoms with Crippen LogP contribution in [0.2, 0.25) is 0 Å². The van der Waals surface area contributed by atoms with E-state index in [4.69, 9.17) is 5.73 Å². The van der Waals surface area contributed by atoms with Crippen molar-refractivity contribution in [2.24, 2.45) is 5.73 Å². The second-order valence-electron chi connectivity index (χ2n) is 4.85. The maximum atomic E-state index is 12.3. The summed E-state index contributed by atoms with van der Waals surface area (Å²) in [6.07, 6.45) is 1.96. The van der Waals surface area contributed by atoms with Crippen molar-refractivity contribution in [3.63, 3.8) is 0 Å². The molecular formula is C13H13Br3N4O. The summed E-state index contributed by atoms with van der Waals surface area (Å²) in [5, 5.41) is 2.79. The first-order valence-electron chi connectivity index (χ1n) is 6.60. The van der Waals surface area contributed by atoms with Gasteiger partial charge in [0.25, 0.3) is 5.91 Å². The number of aryl methyl sites for hydroxylation is 2. The number of rotatable bonds is 3. The first-order valence-corrected chi connectivity index (χ1v) is 8.98. The minimum Gasteiger partial charge on any atom is -0.348 e. The highest BCUT2D eigenvalue weighted by Gasteiger charge is 2.27. The number of nitrogens with one attached hydrogen (secondary N) is 1. The second-order valence-corrected chi connectivity index (χ2v) is 7.23. The summed E-state index contributed by atoms with van der Waals surface area (Å²) >= 11 is 10.8. The van der Waals surface area contributed by atoms with Crippen molar-refractivity contribution in [1.29, 1.82) is 0 Å². The first-order chi connectivity index (χ1) is 10.1. The fraction of sp³-hybridized carbons (Fsp3) is 0.385. The Balaban J connectivity index is 2.24. The third kappa shape index (κ3) is 2.46. The molecule has 5 nitrogen and oxygen atoms in total. The molecule has 0 fully saturated rings. The Hall–Kier alpha value is -0.440. The molecule has 0 aliphatic carbocycles. The Bertz CT molecular complexity index is 741. The van der Waals surface area contributed by atoms with E-state index in [0.717, 1.165) is 43.8 Å². The van der Waals surface area contributed by atoms with E-state index in [1.165, 1.54) is 5.56 Å². The van der Waals surface area contributed by atoms with Gasteiger partial charge in [0, 0.05) is 28.6 Å². The number of benzene rings is 1. The van der Waals surface area contributed by atoms with Gasteiger partial charge in [0.15, 0.2) is 5.82 Å². The standard InChI is InChI=1S/C13H13Br3N4O/c14-7-6-2-1-5-20-11(6)10(9(16)8(7)15)19-12(20)13(21)18-4-3-17/h1-5,17H2,(H,18,21). The van der Waals surface area contributed by atoms with E-state index in [0.29, 0.717) is 18.9 Å². The topological polar surface area (TPSA) is 72.9 Å². The summed E-state index contributed by atoms with van der Waals surface area (Å²) in [5.41, 5.74) is 8.48. The summed E-state index contributed by atoms with van der Waals surface area (Å²) in [7, 11) is 0. The van der Waals surface area contributed by atoms with Gasteiger partial charge in [-0.05, 0) is 66.2 Å². The van der Waals surface area contributed by atoms with Crippen LogP contribution >= 0.6 is 47.8 Å². The minimum atomic E-state index is -0.177. The number of halogens is 3. The van der Waals surface area contributed by atoms with E-state index in [-0.39, 0.29) is 5.91 Å². The average molecular weight is 481 g/mol. The van der Waals surface area contributed by atoms with Gasteiger partial charge in [0.1, 0.15) is 5.52 Å². The zero-order valence-corrected chi connectivity index (χ0v) is 15.8. The zero-order valence-electron chi connectivity index (χ0n) is 11.0. The molecule has 1 aliphatic rings. The lowest BCUT2D eigenvalue weighted by molar-refractivity contribution is 0.0940. The molecular weight excluding hydrogens is 468 g/mol. The molecule has 1 aromatic carbocycles. The maximum absolute atomic E-state index is 12.3. The van der Waals surface area contributed by atoms with Crippen molar-refractivity contribution in [2.45, 2.75) is 19.4 Å². The van der Waals surface area contributed by atoms with Gasteiger partial charge in [0.05, 0.1) is 9.99 Å². The second kappa shape index (κ2) is 5.98. The summed E-state index contributed by atoms with van der Waals surface area (Å²) in [6.45, 7) is 1.66. The number of hydrogen-bond acceptors (Lipinski definition) is 3. The maximum Gasteiger partial charge on any atom is 0.287 e. The molecule has 1 aromatic heterocycles. The summed E-state index contributed by atoms with van der Waals surface area (Å²) in [6, 6.07) is 0. The number of hydrogen-bond donors (Lipinski definition) is 2. The molecule has 112 valence electrons. The first kappa shape index (κ1) is 15.5. The van der Waals surface area contributed by atoms with Crippen LogP contribution in [0.5, 0.6) is 0 Å². The highest BCUT2D eigenvalue weighted by molar-refractivity contribution is 9.14. The van der Waals surface area contributed by atoms with Crippen molar-refractivity contribution >= 4 is 64.7 Å². The number of carbonyl (C=O) groups is 1. The molecule has 8 heteroatoms. The van der Waals surface area contributed by atoms with E-state index < -0.39 is 0 Å². The van der Waals surface area contributed by atoms with E-state index in [1.54, 1.807) is 0 Å². The Labute approximate surface area is 147 Å². The largest absolute Gasteiger partial charge is 0.348 e. The number of amides is 1. The van der Waals surface area contributed by atoms with Gasteiger partial charge >= 0.3 is 0 Å². The van der Waals surface area contributed by atoms with Crippen LogP contribution in [0.4, 0.5) is 0 Å². The molecule has 0 bridgehead atoms. The van der Waals surface area contributed by atoms with E-state index in [2.05, 4.69) is 58.1 Å². The van der Waals surface area contributed by atoms with Gasteiger partial charge in [-0.15, -0.1) is 0 Å². The zero-order chi connectivity index (χ0) is 15.1. The average Bonchev–Trinajstić information content (AvgIpc) is 2.89. The minimum absolute atomic E-state index is 0.177. The van der Waals surface area contributed by atoms with Crippen molar-refractivity contribution < 1.29 is 4.79 Å². The lowest BCUT2D eigenvalue weighted by atomic mass is 10.0. The van der Waals surface area contributed by atoms with Crippen molar-refractivity contribution in [1.82, 2.24) is 14.9 Å². The molecule has 0 radical (unpaired) electrons. The fourth-order valence-electron chi connectivity index (χ4n) is 2.65.